The Balaban J connectivity index is 2.08. The van der Waals surface area contributed by atoms with Crippen LogP contribution in [0, 0.1) is 0 Å². The molecule has 114 valence electrons. The van der Waals surface area contributed by atoms with E-state index in [4.69, 9.17) is 16.1 Å². The van der Waals surface area contributed by atoms with Gasteiger partial charge in [0.05, 0.1) is 22.6 Å². The lowest BCUT2D eigenvalue weighted by Gasteiger charge is -2.16. The van der Waals surface area contributed by atoms with E-state index in [1.807, 2.05) is 20.8 Å². The fraction of sp³-hybridized carbons (Fsp3) is 0.333. The van der Waals surface area contributed by atoms with Gasteiger partial charge in [-0.2, -0.15) is 0 Å². The first-order valence-corrected chi connectivity index (χ1v) is 7.21. The first kappa shape index (κ1) is 14.7. The van der Waals surface area contributed by atoms with Gasteiger partial charge in [0.2, 0.25) is 0 Å². The summed E-state index contributed by atoms with van der Waals surface area (Å²) in [6, 6.07) is 5.09. The van der Waals surface area contributed by atoms with Crippen LogP contribution in [0.25, 0.3) is 10.9 Å². The summed E-state index contributed by atoms with van der Waals surface area (Å²) in [7, 11) is 0. The van der Waals surface area contributed by atoms with Gasteiger partial charge in [0.1, 0.15) is 11.8 Å². The number of rotatable bonds is 2. The molecule has 3 rings (SSSR count). The standard InChI is InChI=1S/C15H15ClN4O2/c1-15(2,3)13-9(8-22-18-13)7-20-14(21)10-5-4-6-11(16)12(10)17-19-20/h4-6,8H,7H2,1-3H3. The Bertz CT molecular complexity index is 892. The molecule has 7 heteroatoms. The Labute approximate surface area is 131 Å². The molecule has 0 aliphatic rings. The van der Waals surface area contributed by atoms with Gasteiger partial charge in [-0.3, -0.25) is 4.79 Å². The molecule has 0 aliphatic heterocycles. The highest BCUT2D eigenvalue weighted by molar-refractivity contribution is 6.34. The molecule has 0 saturated heterocycles. The third kappa shape index (κ3) is 2.50. The van der Waals surface area contributed by atoms with Crippen LogP contribution in [0.3, 0.4) is 0 Å². The van der Waals surface area contributed by atoms with Gasteiger partial charge in [-0.25, -0.2) is 4.68 Å². The lowest BCUT2D eigenvalue weighted by molar-refractivity contribution is 0.393. The second kappa shape index (κ2) is 5.21. The molecule has 6 nitrogen and oxygen atoms in total. The maximum atomic E-state index is 12.5. The Morgan fingerprint density at radius 1 is 1.32 bits per heavy atom. The molecule has 3 aromatic rings. The predicted molar refractivity (Wildman–Crippen MR) is 83.1 cm³/mol. The van der Waals surface area contributed by atoms with E-state index < -0.39 is 0 Å². The third-order valence-electron chi connectivity index (χ3n) is 3.38. The van der Waals surface area contributed by atoms with E-state index in [9.17, 15) is 4.79 Å². The van der Waals surface area contributed by atoms with Crippen molar-refractivity contribution in [2.75, 3.05) is 0 Å². The molecule has 0 amide bonds. The Morgan fingerprint density at radius 3 is 2.82 bits per heavy atom. The number of hydrogen-bond donors (Lipinski definition) is 0. The first-order chi connectivity index (χ1) is 10.4. The van der Waals surface area contributed by atoms with Crippen molar-refractivity contribution in [1.29, 1.82) is 0 Å². The quantitative estimate of drug-likeness (QED) is 0.726. The fourth-order valence-corrected chi connectivity index (χ4v) is 2.53. The summed E-state index contributed by atoms with van der Waals surface area (Å²) >= 11 is 6.03. The number of halogens is 1. The molecule has 0 spiro atoms. The van der Waals surface area contributed by atoms with Crippen molar-refractivity contribution >= 4 is 22.5 Å². The van der Waals surface area contributed by atoms with Crippen molar-refractivity contribution in [2.24, 2.45) is 0 Å². The number of nitrogens with zero attached hydrogens (tertiary/aromatic N) is 4. The zero-order chi connectivity index (χ0) is 15.9. The second-order valence-corrected chi connectivity index (χ2v) is 6.53. The van der Waals surface area contributed by atoms with Gasteiger partial charge in [-0.1, -0.05) is 48.8 Å². The van der Waals surface area contributed by atoms with E-state index in [0.29, 0.717) is 15.9 Å². The van der Waals surface area contributed by atoms with Crippen molar-refractivity contribution < 1.29 is 4.52 Å². The molecule has 1 aromatic carbocycles. The molecule has 2 heterocycles. The van der Waals surface area contributed by atoms with Gasteiger partial charge >= 0.3 is 0 Å². The fourth-order valence-electron chi connectivity index (χ4n) is 2.32. The molecular weight excluding hydrogens is 304 g/mol. The van der Waals surface area contributed by atoms with Crippen molar-refractivity contribution in [2.45, 2.75) is 32.7 Å². The Hall–Kier alpha value is -2.21. The normalized spacial score (nSPS) is 12.0. The summed E-state index contributed by atoms with van der Waals surface area (Å²) in [6.45, 7) is 6.35. The molecule has 0 saturated carbocycles. The van der Waals surface area contributed by atoms with Crippen LogP contribution in [-0.4, -0.2) is 20.2 Å². The second-order valence-electron chi connectivity index (χ2n) is 6.13. The zero-order valence-corrected chi connectivity index (χ0v) is 13.3. The van der Waals surface area contributed by atoms with E-state index in [2.05, 4.69) is 15.5 Å². The maximum Gasteiger partial charge on any atom is 0.277 e. The van der Waals surface area contributed by atoms with Crippen molar-refractivity contribution in [3.63, 3.8) is 0 Å². The molecule has 22 heavy (non-hydrogen) atoms. The highest BCUT2D eigenvalue weighted by Gasteiger charge is 2.23. The van der Waals surface area contributed by atoms with Gasteiger partial charge in [-0.15, -0.1) is 5.10 Å². The van der Waals surface area contributed by atoms with Crippen LogP contribution < -0.4 is 5.56 Å². The smallest absolute Gasteiger partial charge is 0.277 e. The van der Waals surface area contributed by atoms with Crippen LogP contribution in [0.1, 0.15) is 32.0 Å². The molecule has 0 unspecified atom stereocenters. The van der Waals surface area contributed by atoms with E-state index >= 15 is 0 Å². The van der Waals surface area contributed by atoms with Crippen molar-refractivity contribution in [1.82, 2.24) is 20.2 Å². The average molecular weight is 319 g/mol. The molecule has 0 N–H and O–H groups in total. The van der Waals surface area contributed by atoms with Crippen molar-refractivity contribution in [3.05, 3.63) is 51.1 Å². The summed E-state index contributed by atoms with van der Waals surface area (Å²) in [6.07, 6.45) is 1.54. The van der Waals surface area contributed by atoms with E-state index in [-0.39, 0.29) is 17.5 Å². The topological polar surface area (TPSA) is 73.8 Å². The minimum Gasteiger partial charge on any atom is -0.364 e. The Morgan fingerprint density at radius 2 is 2.09 bits per heavy atom. The third-order valence-corrected chi connectivity index (χ3v) is 3.68. The lowest BCUT2D eigenvalue weighted by atomic mass is 9.89. The van der Waals surface area contributed by atoms with Crippen LogP contribution >= 0.6 is 11.6 Å². The molecule has 0 aliphatic carbocycles. The molecule has 0 fully saturated rings. The van der Waals surface area contributed by atoms with Crippen molar-refractivity contribution in [3.8, 4) is 0 Å². The monoisotopic (exact) mass is 318 g/mol. The Kier molecular flexibility index (Phi) is 3.48. The largest absolute Gasteiger partial charge is 0.364 e. The molecule has 0 atom stereocenters. The number of benzene rings is 1. The van der Waals surface area contributed by atoms with Crippen LogP contribution in [0.2, 0.25) is 5.02 Å². The molecule has 2 aromatic heterocycles. The predicted octanol–water partition coefficient (Wildman–Crippen LogP) is 2.78. The minimum absolute atomic E-state index is 0.181. The lowest BCUT2D eigenvalue weighted by Crippen LogP contribution is -2.26. The number of aromatic nitrogens is 4. The summed E-state index contributed by atoms with van der Waals surface area (Å²) in [5.74, 6) is 0. The van der Waals surface area contributed by atoms with Gasteiger partial charge in [-0.05, 0) is 12.1 Å². The summed E-state index contributed by atoms with van der Waals surface area (Å²) in [4.78, 5) is 12.5. The molecule has 0 radical (unpaired) electrons. The number of fused-ring (bicyclic) bond motifs is 1. The number of hydrogen-bond acceptors (Lipinski definition) is 5. The summed E-state index contributed by atoms with van der Waals surface area (Å²) < 4.78 is 6.35. The van der Waals surface area contributed by atoms with Gasteiger partial charge in [0.15, 0.2) is 0 Å². The summed E-state index contributed by atoms with van der Waals surface area (Å²) in [5, 5.41) is 12.9. The highest BCUT2D eigenvalue weighted by Crippen LogP contribution is 2.24. The van der Waals surface area contributed by atoms with Crippen LogP contribution in [0.5, 0.6) is 0 Å². The van der Waals surface area contributed by atoms with E-state index in [1.165, 1.54) is 10.9 Å². The minimum atomic E-state index is -0.242. The van der Waals surface area contributed by atoms with Crippen LogP contribution in [-0.2, 0) is 12.0 Å². The highest BCUT2D eigenvalue weighted by atomic mass is 35.5. The first-order valence-electron chi connectivity index (χ1n) is 6.83. The van der Waals surface area contributed by atoms with E-state index in [1.54, 1.807) is 18.2 Å². The van der Waals surface area contributed by atoms with Gasteiger partial charge in [0.25, 0.3) is 5.56 Å². The molecule has 0 bridgehead atoms. The maximum absolute atomic E-state index is 12.5. The molecular formula is C15H15ClN4O2. The SMILES string of the molecule is CC(C)(C)c1nocc1Cn1nnc2c(Cl)cccc2c1=O. The van der Waals surface area contributed by atoms with Crippen LogP contribution in [0.4, 0.5) is 0 Å². The van der Waals surface area contributed by atoms with E-state index in [0.717, 1.165) is 11.3 Å². The summed E-state index contributed by atoms with van der Waals surface area (Å²) in [5.41, 5.74) is 1.59. The van der Waals surface area contributed by atoms with Crippen LogP contribution in [0.15, 0.2) is 33.8 Å². The zero-order valence-electron chi connectivity index (χ0n) is 12.5. The van der Waals surface area contributed by atoms with Gasteiger partial charge in [0, 0.05) is 11.0 Å². The van der Waals surface area contributed by atoms with Gasteiger partial charge < -0.3 is 4.52 Å². The average Bonchev–Trinajstić information content (AvgIpc) is 2.91.